The Hall–Kier alpha value is -2.10. The Labute approximate surface area is 279 Å². The van der Waals surface area contributed by atoms with Gasteiger partial charge in [0.2, 0.25) is 0 Å². The Morgan fingerprint density at radius 1 is 0.804 bits per heavy atom. The highest BCUT2D eigenvalue weighted by Crippen LogP contribution is 2.78. The van der Waals surface area contributed by atoms with Gasteiger partial charge in [-0.05, 0) is 151 Å². The number of carbonyl (C=O) groups excluding carboxylic acids is 1. The van der Waals surface area contributed by atoms with Crippen LogP contribution >= 0.6 is 0 Å². The molecule has 4 heteroatoms. The summed E-state index contributed by atoms with van der Waals surface area (Å²) < 4.78 is 0. The normalized spacial score (nSPS) is 42.8. The van der Waals surface area contributed by atoms with E-state index in [1.807, 2.05) is 0 Å². The number of aliphatic hydroxyl groups excluding tert-OH is 1. The maximum Gasteiger partial charge on any atom is 0.335 e. The molecule has 2 N–H and O–H groups in total. The first-order valence-electron chi connectivity index (χ1n) is 18.8. The molecular formula is C42H62O4. The number of allylic oxidation sites excluding steroid dienone is 1. The average Bonchev–Trinajstić information content (AvgIpc) is 3.38. The lowest BCUT2D eigenvalue weighted by atomic mass is 9.31. The summed E-state index contributed by atoms with van der Waals surface area (Å²) in [5.41, 5.74) is 2.43. The highest BCUT2D eigenvalue weighted by molar-refractivity contribution is 5.87. The van der Waals surface area contributed by atoms with Crippen molar-refractivity contribution >= 4 is 11.8 Å². The largest absolute Gasteiger partial charge is 0.513 e. The molecule has 5 saturated carbocycles. The van der Waals surface area contributed by atoms with Crippen molar-refractivity contribution in [3.63, 3.8) is 0 Å². The number of fused-ring (bicyclic) bond motifs is 7. The van der Waals surface area contributed by atoms with Crippen molar-refractivity contribution in [1.82, 2.24) is 0 Å². The third-order valence-corrected chi connectivity index (χ3v) is 16.4. The monoisotopic (exact) mass is 630 g/mol. The molecule has 0 amide bonds. The van der Waals surface area contributed by atoms with E-state index >= 15 is 0 Å². The maximum atomic E-state index is 14.3. The van der Waals surface area contributed by atoms with Crippen LogP contribution in [0.25, 0.3) is 0 Å². The topological polar surface area (TPSA) is 74.6 Å². The third-order valence-electron chi connectivity index (χ3n) is 16.4. The van der Waals surface area contributed by atoms with Gasteiger partial charge in [-0.25, -0.2) is 4.79 Å². The number of rotatable bonds is 8. The molecule has 0 aliphatic heterocycles. The van der Waals surface area contributed by atoms with Gasteiger partial charge in [-0.2, -0.15) is 0 Å². The number of hydrogen-bond acceptors (Lipinski definition) is 3. The minimum absolute atomic E-state index is 0.138. The summed E-state index contributed by atoms with van der Waals surface area (Å²) >= 11 is 0. The van der Waals surface area contributed by atoms with Crippen LogP contribution in [-0.2, 0) is 4.79 Å². The number of ketones is 1. The first kappa shape index (κ1) is 33.8. The molecule has 5 aliphatic rings. The zero-order valence-corrected chi connectivity index (χ0v) is 30.0. The van der Waals surface area contributed by atoms with E-state index in [2.05, 4.69) is 67.2 Å². The van der Waals surface area contributed by atoms with E-state index in [0.717, 1.165) is 25.7 Å². The minimum atomic E-state index is -0.854. The Morgan fingerprint density at radius 2 is 1.50 bits per heavy atom. The van der Waals surface area contributed by atoms with E-state index < -0.39 is 5.97 Å². The average molecular weight is 631 g/mol. The van der Waals surface area contributed by atoms with Crippen LogP contribution in [0.4, 0.5) is 0 Å². The molecule has 0 saturated heterocycles. The standard InChI is InChI=1S/C42H62O4/c1-26(2)30-18-23-42(35(44)11-9-10-27(3)43)25-24-40(7)32(36(30)42)16-17-34-39(6)21-19-31(28-12-14-29(15-13-28)37(45)46)38(4,5)33(39)20-22-41(34,40)8/h12-15,26,30-34,36,43H,3,9-11,16-25H2,1-2,4-8H3,(H,45,46)/t30-,31+,32+,33-,34+,36+,39-,40+,41+,42+/m0/s1. The van der Waals surface area contributed by atoms with Gasteiger partial charge in [0.05, 0.1) is 11.3 Å². The number of carboxylic acids is 1. The second kappa shape index (κ2) is 11.5. The van der Waals surface area contributed by atoms with Crippen LogP contribution in [0, 0.1) is 62.6 Å². The predicted molar refractivity (Wildman–Crippen MR) is 186 cm³/mol. The van der Waals surface area contributed by atoms with Crippen molar-refractivity contribution in [3.8, 4) is 0 Å². The van der Waals surface area contributed by atoms with Crippen molar-refractivity contribution < 1.29 is 19.8 Å². The zero-order chi connectivity index (χ0) is 33.4. The van der Waals surface area contributed by atoms with E-state index in [1.54, 1.807) is 12.1 Å². The smallest absolute Gasteiger partial charge is 0.335 e. The van der Waals surface area contributed by atoms with E-state index in [4.69, 9.17) is 0 Å². The fourth-order valence-electron chi connectivity index (χ4n) is 14.0. The molecular weight excluding hydrogens is 568 g/mol. The summed E-state index contributed by atoms with van der Waals surface area (Å²) in [7, 11) is 0. The first-order valence-corrected chi connectivity index (χ1v) is 18.8. The van der Waals surface area contributed by atoms with Gasteiger partial charge in [0.1, 0.15) is 5.78 Å². The number of benzene rings is 1. The van der Waals surface area contributed by atoms with Gasteiger partial charge in [-0.3, -0.25) is 4.79 Å². The summed E-state index contributed by atoms with van der Waals surface area (Å²) in [6.45, 7) is 21.5. The molecule has 0 bridgehead atoms. The second-order valence-corrected chi connectivity index (χ2v) is 18.5. The third kappa shape index (κ3) is 4.80. The van der Waals surface area contributed by atoms with Crippen LogP contribution in [0.1, 0.15) is 154 Å². The van der Waals surface area contributed by atoms with Crippen LogP contribution in [-0.4, -0.2) is 22.0 Å². The van der Waals surface area contributed by atoms with Gasteiger partial charge in [-0.15, -0.1) is 0 Å². The van der Waals surface area contributed by atoms with E-state index in [0.29, 0.717) is 65.6 Å². The molecule has 0 radical (unpaired) electrons. The molecule has 46 heavy (non-hydrogen) atoms. The summed E-state index contributed by atoms with van der Waals surface area (Å²) in [5, 5.41) is 19.2. The van der Waals surface area contributed by atoms with Crippen molar-refractivity contribution in [3.05, 3.63) is 47.7 Å². The maximum absolute atomic E-state index is 14.3. The molecule has 1 aromatic carbocycles. The fourth-order valence-corrected chi connectivity index (χ4v) is 14.0. The zero-order valence-electron chi connectivity index (χ0n) is 30.0. The lowest BCUT2D eigenvalue weighted by molar-refractivity contribution is -0.239. The van der Waals surface area contributed by atoms with Gasteiger partial charge in [0, 0.05) is 18.3 Å². The van der Waals surface area contributed by atoms with Gasteiger partial charge in [0.15, 0.2) is 0 Å². The molecule has 0 unspecified atom stereocenters. The van der Waals surface area contributed by atoms with Gasteiger partial charge in [-0.1, -0.05) is 67.2 Å². The molecule has 0 spiro atoms. The van der Waals surface area contributed by atoms with Crippen LogP contribution in [0.5, 0.6) is 0 Å². The van der Waals surface area contributed by atoms with Crippen LogP contribution in [0.2, 0.25) is 0 Å². The SMILES string of the molecule is C=C(O)CCCC(=O)[C@]12CC[C@@H](C(C)C)[C@@H]1[C@H]1CC[C@@H]3[C@@]4(C)CC[C@H](c5ccc(C(=O)O)cc5)C(C)(C)[C@@H]4CC[C@@]3(C)[C@]1(C)CC2. The lowest BCUT2D eigenvalue weighted by Gasteiger charge is -2.73. The molecule has 1 aromatic rings. The fraction of sp³-hybridized carbons (Fsp3) is 0.762. The molecule has 6 rings (SSSR count). The second-order valence-electron chi connectivity index (χ2n) is 18.5. The Kier molecular flexibility index (Phi) is 8.45. The van der Waals surface area contributed by atoms with Crippen LogP contribution in [0.15, 0.2) is 36.6 Å². The molecule has 0 heterocycles. The van der Waals surface area contributed by atoms with Crippen LogP contribution < -0.4 is 0 Å². The van der Waals surface area contributed by atoms with Crippen LogP contribution in [0.3, 0.4) is 0 Å². The molecule has 10 atom stereocenters. The predicted octanol–water partition coefficient (Wildman–Crippen LogP) is 11.0. The van der Waals surface area contributed by atoms with E-state index in [1.165, 1.54) is 50.5 Å². The van der Waals surface area contributed by atoms with Gasteiger partial charge < -0.3 is 10.2 Å². The summed E-state index contributed by atoms with van der Waals surface area (Å²) in [5.74, 6) is 3.91. The molecule has 5 fully saturated rings. The summed E-state index contributed by atoms with van der Waals surface area (Å²) in [6, 6.07) is 7.76. The quantitative estimate of drug-likeness (QED) is 0.280. The molecule has 5 aliphatic carbocycles. The Morgan fingerprint density at radius 3 is 2.13 bits per heavy atom. The molecule has 0 aromatic heterocycles. The number of Topliss-reactive ketones (excluding diaryl/α,β-unsaturated/α-hetero) is 1. The number of carboxylic acid groups (broad SMARTS) is 1. The van der Waals surface area contributed by atoms with E-state index in [9.17, 15) is 19.8 Å². The highest BCUT2D eigenvalue weighted by Gasteiger charge is 2.71. The minimum Gasteiger partial charge on any atom is -0.513 e. The highest BCUT2D eigenvalue weighted by atomic mass is 16.4. The van der Waals surface area contributed by atoms with Crippen molar-refractivity contribution in [2.45, 2.75) is 138 Å². The lowest BCUT2D eigenvalue weighted by Crippen LogP contribution is -2.66. The molecule has 4 nitrogen and oxygen atoms in total. The van der Waals surface area contributed by atoms with Crippen molar-refractivity contribution in [2.75, 3.05) is 0 Å². The number of aromatic carboxylic acids is 1. The van der Waals surface area contributed by atoms with Crippen molar-refractivity contribution in [1.29, 1.82) is 0 Å². The Bertz CT molecular complexity index is 1360. The Balaban J connectivity index is 1.30. The van der Waals surface area contributed by atoms with Crippen molar-refractivity contribution in [2.24, 2.45) is 62.6 Å². The number of carbonyl (C=O) groups is 2. The summed E-state index contributed by atoms with van der Waals surface area (Å²) in [6.07, 6.45) is 13.8. The summed E-state index contributed by atoms with van der Waals surface area (Å²) in [4.78, 5) is 25.8. The van der Waals surface area contributed by atoms with Gasteiger partial charge in [0.25, 0.3) is 0 Å². The first-order chi connectivity index (χ1) is 21.5. The number of hydrogen-bond donors (Lipinski definition) is 2. The van der Waals surface area contributed by atoms with Gasteiger partial charge >= 0.3 is 5.97 Å². The molecule has 254 valence electrons. The number of aliphatic hydroxyl groups is 1. The van der Waals surface area contributed by atoms with E-state index in [-0.39, 0.29) is 32.8 Å².